The lowest BCUT2D eigenvalue weighted by molar-refractivity contribution is -0.113. The van der Waals surface area contributed by atoms with Gasteiger partial charge in [-0.05, 0) is 99.6 Å². The van der Waals surface area contributed by atoms with Crippen LogP contribution in [0.25, 0.3) is 23.6 Å². The van der Waals surface area contributed by atoms with E-state index >= 15 is 0 Å². The van der Waals surface area contributed by atoms with Crippen molar-refractivity contribution in [3.63, 3.8) is 0 Å². The molecular formula is C34H49N5O. The third-order valence-corrected chi connectivity index (χ3v) is 8.37. The van der Waals surface area contributed by atoms with Crippen molar-refractivity contribution in [2.75, 3.05) is 20.1 Å². The highest BCUT2D eigenvalue weighted by Gasteiger charge is 2.17. The largest absolute Gasteiger partial charge is 0.404 e. The number of nitrogens with two attached hydrogens (primary N) is 1. The van der Waals surface area contributed by atoms with Crippen LogP contribution in [0.1, 0.15) is 69.0 Å². The Hall–Kier alpha value is -3.38. The fourth-order valence-corrected chi connectivity index (χ4v) is 5.48. The van der Waals surface area contributed by atoms with Gasteiger partial charge in [0.15, 0.2) is 0 Å². The van der Waals surface area contributed by atoms with Gasteiger partial charge >= 0.3 is 0 Å². The highest BCUT2D eigenvalue weighted by atomic mass is 16.1. The minimum atomic E-state index is 0.154. The topological polar surface area (TPSA) is 84.4 Å². The summed E-state index contributed by atoms with van der Waals surface area (Å²) in [5.74, 6) is 0.435. The molecule has 6 heteroatoms. The van der Waals surface area contributed by atoms with Gasteiger partial charge in [0.25, 0.3) is 0 Å². The first kappa shape index (κ1) is 31.2. The summed E-state index contributed by atoms with van der Waals surface area (Å²) in [6.07, 6.45) is 17.2. The second kappa shape index (κ2) is 15.4. The minimum absolute atomic E-state index is 0.154. The van der Waals surface area contributed by atoms with Crippen molar-refractivity contribution < 1.29 is 4.79 Å². The van der Waals surface area contributed by atoms with Crippen LogP contribution < -0.4 is 26.9 Å². The minimum Gasteiger partial charge on any atom is -0.404 e. The molecule has 1 unspecified atom stereocenters. The van der Waals surface area contributed by atoms with Crippen molar-refractivity contribution in [2.45, 2.75) is 77.3 Å². The number of aliphatic imine (C=N–C) groups is 1. The van der Waals surface area contributed by atoms with Gasteiger partial charge in [-0.2, -0.15) is 0 Å². The quantitative estimate of drug-likeness (QED) is 0.220. The number of allylic oxidation sites excluding steroid dienone is 3. The predicted molar refractivity (Wildman–Crippen MR) is 172 cm³/mol. The number of carbonyl (C=O) groups excluding carboxylic acids is 1. The summed E-state index contributed by atoms with van der Waals surface area (Å²) in [7, 11) is 1.92. The molecule has 40 heavy (non-hydrogen) atoms. The van der Waals surface area contributed by atoms with E-state index in [0.717, 1.165) is 80.9 Å². The average molecular weight is 544 g/mol. The summed E-state index contributed by atoms with van der Waals surface area (Å²) in [4.78, 5) is 14.6. The van der Waals surface area contributed by atoms with Crippen molar-refractivity contribution >= 4 is 36.1 Å². The normalized spacial score (nSPS) is 17.8. The number of aromatic nitrogens is 1. The molecule has 2 aromatic rings. The lowest BCUT2D eigenvalue weighted by Gasteiger charge is -2.19. The van der Waals surface area contributed by atoms with E-state index in [2.05, 4.69) is 67.0 Å². The van der Waals surface area contributed by atoms with E-state index in [0.29, 0.717) is 12.0 Å². The maximum absolute atomic E-state index is 9.79. The Morgan fingerprint density at radius 2 is 2.00 bits per heavy atom. The zero-order valence-corrected chi connectivity index (χ0v) is 24.8. The molecule has 0 radical (unpaired) electrons. The molecule has 2 aliphatic rings. The zero-order chi connectivity index (χ0) is 29.1. The Labute approximate surface area is 240 Å². The summed E-state index contributed by atoms with van der Waals surface area (Å²) in [5, 5.41) is 10.1. The van der Waals surface area contributed by atoms with Gasteiger partial charge in [0, 0.05) is 47.6 Å². The highest BCUT2D eigenvalue weighted by molar-refractivity contribution is 5.87. The Balaban J connectivity index is 0.000000649. The van der Waals surface area contributed by atoms with Crippen molar-refractivity contribution in [1.82, 2.24) is 15.2 Å². The van der Waals surface area contributed by atoms with E-state index in [1.165, 1.54) is 33.7 Å². The Morgan fingerprint density at radius 1 is 1.27 bits per heavy atom. The molecule has 1 atom stereocenters. The first-order valence-corrected chi connectivity index (χ1v) is 14.7. The number of nitrogens with zero attached hydrogens (tertiary/aromatic N) is 2. The molecule has 2 heterocycles. The van der Waals surface area contributed by atoms with E-state index in [9.17, 15) is 4.79 Å². The molecule has 216 valence electrons. The van der Waals surface area contributed by atoms with Gasteiger partial charge in [-0.1, -0.05) is 37.8 Å². The molecule has 6 nitrogen and oxygen atoms in total. The van der Waals surface area contributed by atoms with Crippen LogP contribution in [0.3, 0.4) is 0 Å². The molecule has 0 bridgehead atoms. The number of benzene rings is 1. The third kappa shape index (κ3) is 7.63. The van der Waals surface area contributed by atoms with Crippen LogP contribution in [0.15, 0.2) is 53.8 Å². The Bertz CT molecular complexity index is 1340. The number of hydrogen-bond acceptors (Lipinski definition) is 5. The van der Waals surface area contributed by atoms with Gasteiger partial charge in [0.1, 0.15) is 6.29 Å². The fraction of sp³-hybridized carbons (Fsp3) is 0.471. The van der Waals surface area contributed by atoms with Crippen LogP contribution in [0.2, 0.25) is 0 Å². The molecule has 1 saturated carbocycles. The monoisotopic (exact) mass is 543 g/mol. The molecule has 0 spiro atoms. The lowest BCUT2D eigenvalue weighted by atomic mass is 9.87. The van der Waals surface area contributed by atoms with E-state index in [-0.39, 0.29) is 6.04 Å². The molecule has 1 aromatic heterocycles. The molecule has 4 N–H and O–H groups in total. The first-order valence-electron chi connectivity index (χ1n) is 14.7. The Kier molecular flexibility index (Phi) is 12.0. The van der Waals surface area contributed by atoms with Crippen LogP contribution in [0, 0.1) is 12.8 Å². The van der Waals surface area contributed by atoms with E-state index in [4.69, 9.17) is 10.7 Å². The van der Waals surface area contributed by atoms with E-state index in [1.54, 1.807) is 6.20 Å². The van der Waals surface area contributed by atoms with Crippen LogP contribution in [0.4, 0.5) is 0 Å². The fourth-order valence-electron chi connectivity index (χ4n) is 5.48. The molecule has 2 fully saturated rings. The zero-order valence-electron chi connectivity index (χ0n) is 24.8. The summed E-state index contributed by atoms with van der Waals surface area (Å²) in [5.41, 5.74) is 11.7. The number of piperidine rings is 1. The van der Waals surface area contributed by atoms with E-state index in [1.807, 2.05) is 19.3 Å². The van der Waals surface area contributed by atoms with E-state index < -0.39 is 0 Å². The van der Waals surface area contributed by atoms with Crippen LogP contribution in [-0.2, 0) is 11.2 Å². The van der Waals surface area contributed by atoms with Crippen molar-refractivity contribution in [3.05, 3.63) is 70.5 Å². The molecule has 1 aromatic carbocycles. The second-order valence-electron chi connectivity index (χ2n) is 11.0. The molecule has 1 saturated heterocycles. The van der Waals surface area contributed by atoms with Crippen LogP contribution in [-0.4, -0.2) is 43.2 Å². The van der Waals surface area contributed by atoms with Crippen molar-refractivity contribution in [1.29, 1.82) is 0 Å². The molecular weight excluding hydrogens is 494 g/mol. The maximum atomic E-state index is 9.79. The second-order valence-corrected chi connectivity index (χ2v) is 11.0. The van der Waals surface area contributed by atoms with Crippen molar-refractivity contribution in [3.8, 4) is 0 Å². The van der Waals surface area contributed by atoms with Gasteiger partial charge in [0.2, 0.25) is 0 Å². The summed E-state index contributed by atoms with van der Waals surface area (Å²) in [6.45, 7) is 19.0. The standard InChI is InChI=1S/C29H41N5.C5H8O/c1-7-26(11-9-20(3)31-6)34-22(5)21(4)29-27(8-2)24(10-12-28(29)34)17-23(18-30)19-33-25-13-15-32-16-14-25;6-4-5-2-1-3-5/h7-8,10,12,18-19,25-26,31-32H,1,3,5,9,11,13-17,30H2,2,4,6H3;4-5H,1-3H2/b23-18-,27-8-,33-19?;. The van der Waals surface area contributed by atoms with Gasteiger partial charge in [-0.25, -0.2) is 0 Å². The highest BCUT2D eigenvalue weighted by Crippen LogP contribution is 2.24. The third-order valence-electron chi connectivity index (χ3n) is 8.37. The predicted octanol–water partition coefficient (Wildman–Crippen LogP) is 4.59. The average Bonchev–Trinajstić information content (AvgIpc) is 3.21. The smallest absolute Gasteiger partial charge is 0.123 e. The van der Waals surface area contributed by atoms with Crippen LogP contribution >= 0.6 is 0 Å². The van der Waals surface area contributed by atoms with Gasteiger partial charge < -0.3 is 25.7 Å². The molecule has 1 aliphatic heterocycles. The maximum Gasteiger partial charge on any atom is 0.123 e. The molecule has 1 aliphatic carbocycles. The summed E-state index contributed by atoms with van der Waals surface area (Å²) >= 11 is 0. The molecule has 4 rings (SSSR count). The van der Waals surface area contributed by atoms with Gasteiger partial charge in [0.05, 0.1) is 12.1 Å². The number of hydrogen-bond donors (Lipinski definition) is 3. The summed E-state index contributed by atoms with van der Waals surface area (Å²) in [6, 6.07) is 4.99. The Morgan fingerprint density at radius 3 is 2.52 bits per heavy atom. The number of aldehydes is 1. The van der Waals surface area contributed by atoms with Gasteiger partial charge in [-0.3, -0.25) is 4.99 Å². The van der Waals surface area contributed by atoms with Crippen molar-refractivity contribution in [2.24, 2.45) is 16.6 Å². The summed E-state index contributed by atoms with van der Waals surface area (Å²) < 4.78 is 2.33. The molecule has 0 amide bonds. The first-order chi connectivity index (χ1) is 19.4. The number of aryl methyl sites for hydroxylation is 1. The van der Waals surface area contributed by atoms with Gasteiger partial charge in [-0.15, -0.1) is 6.58 Å². The van der Waals surface area contributed by atoms with Crippen LogP contribution in [0.5, 0.6) is 0 Å². The SMILES string of the molecule is C=CC(CCC(=C)NC)n1c(=C)c(C)c2/c(=C\C)c(C/C(C=NC3CCNCC3)=C/N)ccc21.O=CC1CCC1. The number of rotatable bonds is 11. The number of carbonyl (C=O) groups is 1. The number of nitrogens with one attached hydrogen (secondary N) is 2. The number of fused-ring (bicyclic) bond motifs is 1. The lowest BCUT2D eigenvalue weighted by Crippen LogP contribution is -2.29.